The Bertz CT molecular complexity index is 462. The summed E-state index contributed by atoms with van der Waals surface area (Å²) >= 11 is 0. The van der Waals surface area contributed by atoms with Gasteiger partial charge in [-0.3, -0.25) is 4.79 Å². The lowest BCUT2D eigenvalue weighted by molar-refractivity contribution is -0.113. The third-order valence-corrected chi connectivity index (χ3v) is 3.73. The molecule has 1 aromatic carbocycles. The van der Waals surface area contributed by atoms with Crippen LogP contribution in [0.25, 0.3) is 0 Å². The van der Waals surface area contributed by atoms with Gasteiger partial charge < -0.3 is 4.74 Å². The van der Waals surface area contributed by atoms with Crippen LogP contribution in [-0.2, 0) is 4.79 Å². The molecule has 1 fully saturated rings. The van der Waals surface area contributed by atoms with Crippen LogP contribution in [0.1, 0.15) is 51.4 Å². The zero-order valence-corrected chi connectivity index (χ0v) is 12.2. The van der Waals surface area contributed by atoms with Crippen molar-refractivity contribution in [2.75, 3.05) is 7.11 Å². The van der Waals surface area contributed by atoms with Crippen LogP contribution in [0.15, 0.2) is 29.3 Å². The Hall–Kier alpha value is -1.64. The minimum atomic E-state index is 0.225. The fraction of sp³-hybridized carbons (Fsp3) is 0.529. The van der Waals surface area contributed by atoms with Crippen molar-refractivity contribution in [3.05, 3.63) is 24.3 Å². The van der Waals surface area contributed by atoms with E-state index in [1.165, 1.54) is 25.7 Å². The first-order valence-electron chi connectivity index (χ1n) is 7.54. The molecule has 3 nitrogen and oxygen atoms in total. The number of carbonyl (C=O) groups excluding carboxylic acids is 1. The SMILES string of the molecule is COc1ccc(N=C2CCCCCCCCC2=O)cc1. The normalized spacial score (nSPS) is 19.9. The van der Waals surface area contributed by atoms with Gasteiger partial charge in [0.1, 0.15) is 5.75 Å². The van der Waals surface area contributed by atoms with Crippen LogP contribution in [0.5, 0.6) is 5.75 Å². The summed E-state index contributed by atoms with van der Waals surface area (Å²) < 4.78 is 5.13. The van der Waals surface area contributed by atoms with Crippen LogP contribution >= 0.6 is 0 Å². The van der Waals surface area contributed by atoms with Crippen molar-refractivity contribution in [1.29, 1.82) is 0 Å². The summed E-state index contributed by atoms with van der Waals surface area (Å²) in [7, 11) is 1.64. The van der Waals surface area contributed by atoms with Crippen LogP contribution in [0.4, 0.5) is 5.69 Å². The fourth-order valence-electron chi connectivity index (χ4n) is 2.50. The Morgan fingerprint density at radius 2 is 1.50 bits per heavy atom. The molecule has 108 valence electrons. The largest absolute Gasteiger partial charge is 0.497 e. The molecule has 2 rings (SSSR count). The van der Waals surface area contributed by atoms with Gasteiger partial charge in [0.2, 0.25) is 0 Å². The highest BCUT2D eigenvalue weighted by Crippen LogP contribution is 2.20. The second-order valence-electron chi connectivity index (χ2n) is 5.30. The highest BCUT2D eigenvalue weighted by atomic mass is 16.5. The number of nitrogens with zero attached hydrogens (tertiary/aromatic N) is 1. The molecule has 0 atom stereocenters. The van der Waals surface area contributed by atoms with Crippen molar-refractivity contribution in [3.63, 3.8) is 0 Å². The first-order valence-corrected chi connectivity index (χ1v) is 7.54. The molecular formula is C17H23NO2. The number of carbonyl (C=O) groups is 1. The molecule has 0 spiro atoms. The Labute approximate surface area is 121 Å². The standard InChI is InChI=1S/C17H23NO2/c1-20-15-12-10-14(11-13-15)18-16-8-6-4-2-3-5-7-9-17(16)19/h10-13H,2-9H2,1H3. The zero-order valence-electron chi connectivity index (χ0n) is 12.2. The molecule has 0 radical (unpaired) electrons. The van der Waals surface area contributed by atoms with Crippen LogP contribution < -0.4 is 4.74 Å². The Morgan fingerprint density at radius 3 is 2.15 bits per heavy atom. The summed E-state index contributed by atoms with van der Waals surface area (Å²) in [5, 5.41) is 0. The number of methoxy groups -OCH3 is 1. The number of aliphatic imine (C=N–C) groups is 1. The van der Waals surface area contributed by atoms with E-state index >= 15 is 0 Å². The van der Waals surface area contributed by atoms with E-state index in [4.69, 9.17) is 4.74 Å². The Kier molecular flexibility index (Phi) is 5.78. The molecule has 0 aliphatic heterocycles. The van der Waals surface area contributed by atoms with Gasteiger partial charge in [-0.2, -0.15) is 0 Å². The number of benzene rings is 1. The molecule has 20 heavy (non-hydrogen) atoms. The Morgan fingerprint density at radius 1 is 0.900 bits per heavy atom. The molecule has 0 saturated heterocycles. The number of hydrogen-bond acceptors (Lipinski definition) is 3. The van der Waals surface area contributed by atoms with E-state index in [-0.39, 0.29) is 5.78 Å². The minimum Gasteiger partial charge on any atom is -0.497 e. The molecule has 1 aromatic rings. The smallest absolute Gasteiger partial charge is 0.177 e. The predicted molar refractivity (Wildman–Crippen MR) is 82.0 cm³/mol. The fourth-order valence-corrected chi connectivity index (χ4v) is 2.50. The first kappa shape index (κ1) is 14.8. The van der Waals surface area contributed by atoms with Crippen molar-refractivity contribution in [1.82, 2.24) is 0 Å². The van der Waals surface area contributed by atoms with Gasteiger partial charge in [-0.15, -0.1) is 0 Å². The second-order valence-corrected chi connectivity index (χ2v) is 5.30. The van der Waals surface area contributed by atoms with E-state index in [0.717, 1.165) is 36.4 Å². The summed E-state index contributed by atoms with van der Waals surface area (Å²) in [4.78, 5) is 16.8. The number of Topliss-reactive ketones (excluding diaryl/α,β-unsaturated/α-hetero) is 1. The van der Waals surface area contributed by atoms with Crippen molar-refractivity contribution < 1.29 is 9.53 Å². The number of rotatable bonds is 2. The van der Waals surface area contributed by atoms with Gasteiger partial charge in [0.15, 0.2) is 5.78 Å². The quantitative estimate of drug-likeness (QED) is 0.797. The van der Waals surface area contributed by atoms with E-state index in [1.54, 1.807) is 7.11 Å². The maximum atomic E-state index is 12.2. The molecule has 1 aliphatic rings. The van der Waals surface area contributed by atoms with Gasteiger partial charge in [-0.1, -0.05) is 25.7 Å². The summed E-state index contributed by atoms with van der Waals surface area (Å²) in [6.07, 6.45) is 8.44. The lowest BCUT2D eigenvalue weighted by Gasteiger charge is -2.09. The van der Waals surface area contributed by atoms with E-state index in [1.807, 2.05) is 24.3 Å². The van der Waals surface area contributed by atoms with Gasteiger partial charge in [-0.25, -0.2) is 4.99 Å². The summed E-state index contributed by atoms with van der Waals surface area (Å²) in [6.45, 7) is 0. The molecule has 0 bridgehead atoms. The van der Waals surface area contributed by atoms with Crippen molar-refractivity contribution >= 4 is 17.2 Å². The van der Waals surface area contributed by atoms with E-state index < -0.39 is 0 Å². The first-order chi connectivity index (χ1) is 9.79. The number of ketones is 1. The van der Waals surface area contributed by atoms with Crippen molar-refractivity contribution in [2.45, 2.75) is 51.4 Å². The van der Waals surface area contributed by atoms with Crippen molar-refractivity contribution in [2.24, 2.45) is 4.99 Å². The lowest BCUT2D eigenvalue weighted by Crippen LogP contribution is -2.14. The van der Waals surface area contributed by atoms with Crippen LogP contribution in [0.2, 0.25) is 0 Å². The third kappa shape index (κ3) is 4.48. The highest BCUT2D eigenvalue weighted by molar-refractivity contribution is 6.40. The van der Waals surface area contributed by atoms with Crippen molar-refractivity contribution in [3.8, 4) is 5.75 Å². The lowest BCUT2D eigenvalue weighted by atomic mass is 9.98. The van der Waals surface area contributed by atoms with Gasteiger partial charge in [-0.05, 0) is 43.5 Å². The number of hydrogen-bond donors (Lipinski definition) is 0. The van der Waals surface area contributed by atoms with Gasteiger partial charge in [0.05, 0.1) is 18.5 Å². The zero-order chi connectivity index (χ0) is 14.2. The van der Waals surface area contributed by atoms with Gasteiger partial charge >= 0.3 is 0 Å². The molecule has 0 N–H and O–H groups in total. The molecule has 0 heterocycles. The molecule has 3 heteroatoms. The molecule has 1 saturated carbocycles. The average molecular weight is 273 g/mol. The average Bonchev–Trinajstić information content (AvgIpc) is 2.49. The highest BCUT2D eigenvalue weighted by Gasteiger charge is 2.12. The molecule has 1 aliphatic carbocycles. The number of ether oxygens (including phenoxy) is 1. The summed E-state index contributed by atoms with van der Waals surface area (Å²) in [5.41, 5.74) is 1.59. The maximum absolute atomic E-state index is 12.2. The topological polar surface area (TPSA) is 38.7 Å². The van der Waals surface area contributed by atoms with Crippen LogP contribution in [0.3, 0.4) is 0 Å². The van der Waals surface area contributed by atoms with Gasteiger partial charge in [0.25, 0.3) is 0 Å². The van der Waals surface area contributed by atoms with E-state index in [2.05, 4.69) is 4.99 Å². The maximum Gasteiger partial charge on any atom is 0.177 e. The van der Waals surface area contributed by atoms with Gasteiger partial charge in [0, 0.05) is 6.42 Å². The molecular weight excluding hydrogens is 250 g/mol. The molecule has 0 amide bonds. The van der Waals surface area contributed by atoms with Crippen LogP contribution in [0, 0.1) is 0 Å². The monoisotopic (exact) mass is 273 g/mol. The minimum absolute atomic E-state index is 0.225. The molecule has 0 unspecified atom stereocenters. The third-order valence-electron chi connectivity index (χ3n) is 3.73. The summed E-state index contributed by atoms with van der Waals surface area (Å²) in [5.74, 6) is 1.04. The predicted octanol–water partition coefficient (Wildman–Crippen LogP) is 4.47. The Balaban J connectivity index is 2.11. The second kappa shape index (κ2) is 7.83. The molecule has 0 aromatic heterocycles. The van der Waals surface area contributed by atoms with Crippen LogP contribution in [-0.4, -0.2) is 18.6 Å². The van der Waals surface area contributed by atoms with E-state index in [9.17, 15) is 4.79 Å². The summed E-state index contributed by atoms with van der Waals surface area (Å²) in [6, 6.07) is 7.56. The van der Waals surface area contributed by atoms with E-state index in [0.29, 0.717) is 6.42 Å².